The number of nitrogens with one attached hydrogen (secondary N) is 2. The zero-order chi connectivity index (χ0) is 20.3. The van der Waals surface area contributed by atoms with E-state index in [1.54, 1.807) is 4.90 Å². The SMILES string of the molecule is NCCCNC(=O)N1CCC2(CC1)C(=O)Nc1c(Oc3ccccc3)cccc12. The molecule has 0 bridgehead atoms. The van der Waals surface area contributed by atoms with E-state index in [0.29, 0.717) is 44.8 Å². The zero-order valence-corrected chi connectivity index (χ0v) is 16.3. The molecule has 1 fully saturated rings. The summed E-state index contributed by atoms with van der Waals surface area (Å²) < 4.78 is 6.02. The number of likely N-dealkylation sites (tertiary alicyclic amines) is 1. The van der Waals surface area contributed by atoms with Crippen LogP contribution in [0.4, 0.5) is 10.5 Å². The monoisotopic (exact) mass is 394 g/mol. The molecule has 7 heteroatoms. The number of anilines is 1. The Balaban J connectivity index is 1.51. The lowest BCUT2D eigenvalue weighted by Crippen LogP contribution is -2.51. The molecule has 4 N–H and O–H groups in total. The zero-order valence-electron chi connectivity index (χ0n) is 16.3. The quantitative estimate of drug-likeness (QED) is 0.680. The summed E-state index contributed by atoms with van der Waals surface area (Å²) in [5, 5.41) is 5.92. The fourth-order valence-corrected chi connectivity index (χ4v) is 4.11. The molecule has 2 heterocycles. The summed E-state index contributed by atoms with van der Waals surface area (Å²) >= 11 is 0. The first kappa shape index (κ1) is 19.3. The number of hydrogen-bond donors (Lipinski definition) is 3. The molecule has 0 aliphatic carbocycles. The first-order valence-electron chi connectivity index (χ1n) is 10.0. The number of rotatable bonds is 5. The van der Waals surface area contributed by atoms with Crippen LogP contribution in [0, 0.1) is 0 Å². The van der Waals surface area contributed by atoms with Crippen LogP contribution in [0.25, 0.3) is 0 Å². The molecular weight excluding hydrogens is 368 g/mol. The molecule has 1 spiro atoms. The minimum Gasteiger partial charge on any atom is -0.455 e. The number of urea groups is 1. The standard InChI is InChI=1S/C22H26N4O3/c23-12-5-13-24-21(28)26-14-10-22(11-15-26)17-8-4-9-18(19(17)25-20(22)27)29-16-6-2-1-3-7-16/h1-4,6-9H,5,10-15,23H2,(H,24,28)(H,25,27). The molecule has 0 unspecified atom stereocenters. The van der Waals surface area contributed by atoms with E-state index in [2.05, 4.69) is 10.6 Å². The van der Waals surface area contributed by atoms with Gasteiger partial charge in [0.15, 0.2) is 5.75 Å². The predicted octanol–water partition coefficient (Wildman–Crippen LogP) is 2.82. The van der Waals surface area contributed by atoms with Gasteiger partial charge in [-0.15, -0.1) is 0 Å². The molecule has 1 saturated heterocycles. The lowest BCUT2D eigenvalue weighted by Gasteiger charge is -2.37. The molecule has 2 aliphatic rings. The van der Waals surface area contributed by atoms with Gasteiger partial charge in [0, 0.05) is 19.6 Å². The highest BCUT2D eigenvalue weighted by Gasteiger charge is 2.49. The van der Waals surface area contributed by atoms with Crippen molar-refractivity contribution in [3.8, 4) is 11.5 Å². The predicted molar refractivity (Wildman–Crippen MR) is 111 cm³/mol. The van der Waals surface area contributed by atoms with Crippen LogP contribution in [0.1, 0.15) is 24.8 Å². The highest BCUT2D eigenvalue weighted by atomic mass is 16.5. The van der Waals surface area contributed by atoms with Gasteiger partial charge in [-0.05, 0) is 49.6 Å². The molecule has 0 atom stereocenters. The fourth-order valence-electron chi connectivity index (χ4n) is 4.11. The minimum absolute atomic E-state index is 0.0141. The number of nitrogens with two attached hydrogens (primary N) is 1. The molecule has 2 aromatic carbocycles. The summed E-state index contributed by atoms with van der Waals surface area (Å²) in [6, 6.07) is 15.2. The summed E-state index contributed by atoms with van der Waals surface area (Å²) in [6.45, 7) is 2.18. The highest BCUT2D eigenvalue weighted by Crippen LogP contribution is 2.49. The second-order valence-electron chi connectivity index (χ2n) is 7.49. The van der Waals surface area contributed by atoms with Crippen LogP contribution in [-0.2, 0) is 10.2 Å². The van der Waals surface area contributed by atoms with Crippen molar-refractivity contribution >= 4 is 17.6 Å². The maximum absolute atomic E-state index is 13.0. The topological polar surface area (TPSA) is 96.7 Å². The van der Waals surface area contributed by atoms with Crippen LogP contribution >= 0.6 is 0 Å². The average Bonchev–Trinajstić information content (AvgIpc) is 3.02. The Morgan fingerprint density at radius 3 is 2.62 bits per heavy atom. The van der Waals surface area contributed by atoms with Crippen LogP contribution in [0.3, 0.4) is 0 Å². The fraction of sp³-hybridized carbons (Fsp3) is 0.364. The number of fused-ring (bicyclic) bond motifs is 2. The van der Waals surface area contributed by atoms with E-state index in [-0.39, 0.29) is 11.9 Å². The van der Waals surface area contributed by atoms with Crippen LogP contribution in [0.2, 0.25) is 0 Å². The number of piperidine rings is 1. The molecule has 152 valence electrons. The summed E-state index contributed by atoms with van der Waals surface area (Å²) in [4.78, 5) is 27.1. The second kappa shape index (κ2) is 8.13. The third kappa shape index (κ3) is 3.65. The van der Waals surface area contributed by atoms with E-state index in [0.717, 1.165) is 23.4 Å². The molecule has 0 aromatic heterocycles. The first-order valence-corrected chi connectivity index (χ1v) is 10.0. The molecule has 2 aromatic rings. The Morgan fingerprint density at radius 2 is 1.90 bits per heavy atom. The Morgan fingerprint density at radius 1 is 1.14 bits per heavy atom. The summed E-state index contributed by atoms with van der Waals surface area (Å²) in [5.74, 6) is 1.35. The van der Waals surface area contributed by atoms with E-state index in [1.165, 1.54) is 0 Å². The normalized spacial score (nSPS) is 17.0. The summed E-state index contributed by atoms with van der Waals surface area (Å²) in [6.07, 6.45) is 1.93. The molecule has 4 rings (SSSR count). The number of carbonyl (C=O) groups excluding carboxylic acids is 2. The number of carbonyl (C=O) groups is 2. The largest absolute Gasteiger partial charge is 0.455 e. The van der Waals surface area contributed by atoms with E-state index < -0.39 is 5.41 Å². The number of ether oxygens (including phenoxy) is 1. The van der Waals surface area contributed by atoms with Crippen molar-refractivity contribution in [1.29, 1.82) is 0 Å². The van der Waals surface area contributed by atoms with Crippen molar-refractivity contribution < 1.29 is 14.3 Å². The van der Waals surface area contributed by atoms with Crippen molar-refractivity contribution in [2.24, 2.45) is 5.73 Å². The van der Waals surface area contributed by atoms with E-state index in [1.807, 2.05) is 48.5 Å². The van der Waals surface area contributed by atoms with E-state index in [9.17, 15) is 9.59 Å². The number of hydrogen-bond acceptors (Lipinski definition) is 4. The van der Waals surface area contributed by atoms with Gasteiger partial charge in [-0.3, -0.25) is 4.79 Å². The van der Waals surface area contributed by atoms with Gasteiger partial charge in [0.2, 0.25) is 5.91 Å². The molecular formula is C22H26N4O3. The smallest absolute Gasteiger partial charge is 0.317 e. The van der Waals surface area contributed by atoms with E-state index in [4.69, 9.17) is 10.5 Å². The van der Waals surface area contributed by atoms with Crippen LogP contribution in [0.15, 0.2) is 48.5 Å². The van der Waals surface area contributed by atoms with Gasteiger partial charge >= 0.3 is 6.03 Å². The lowest BCUT2D eigenvalue weighted by molar-refractivity contribution is -0.122. The van der Waals surface area contributed by atoms with Gasteiger partial charge in [-0.2, -0.15) is 0 Å². The van der Waals surface area contributed by atoms with Crippen molar-refractivity contribution in [2.75, 3.05) is 31.5 Å². The van der Waals surface area contributed by atoms with Crippen molar-refractivity contribution in [1.82, 2.24) is 10.2 Å². The maximum atomic E-state index is 13.0. The molecule has 7 nitrogen and oxygen atoms in total. The van der Waals surface area contributed by atoms with Crippen molar-refractivity contribution in [2.45, 2.75) is 24.7 Å². The van der Waals surface area contributed by atoms with Crippen LogP contribution in [-0.4, -0.2) is 43.0 Å². The van der Waals surface area contributed by atoms with E-state index >= 15 is 0 Å². The van der Waals surface area contributed by atoms with Gasteiger partial charge in [0.1, 0.15) is 5.75 Å². The van der Waals surface area contributed by atoms with Gasteiger partial charge in [-0.25, -0.2) is 4.79 Å². The average molecular weight is 394 g/mol. The Kier molecular flexibility index (Phi) is 5.40. The number of nitrogens with zero attached hydrogens (tertiary/aromatic N) is 1. The minimum atomic E-state index is -0.612. The molecule has 0 saturated carbocycles. The Labute approximate surface area is 170 Å². The number of benzene rings is 2. The highest BCUT2D eigenvalue weighted by molar-refractivity contribution is 6.08. The molecule has 0 radical (unpaired) electrons. The molecule has 3 amide bonds. The van der Waals surface area contributed by atoms with Gasteiger partial charge in [-0.1, -0.05) is 30.3 Å². The summed E-state index contributed by atoms with van der Waals surface area (Å²) in [7, 11) is 0. The molecule has 2 aliphatic heterocycles. The number of para-hydroxylation sites is 2. The van der Waals surface area contributed by atoms with Crippen LogP contribution < -0.4 is 21.1 Å². The second-order valence-corrected chi connectivity index (χ2v) is 7.49. The first-order chi connectivity index (χ1) is 14.1. The molecule has 29 heavy (non-hydrogen) atoms. The van der Waals surface area contributed by atoms with Crippen LogP contribution in [0.5, 0.6) is 11.5 Å². The van der Waals surface area contributed by atoms with Gasteiger partial charge in [0.05, 0.1) is 11.1 Å². The van der Waals surface area contributed by atoms with Gasteiger partial charge in [0.25, 0.3) is 0 Å². The Hall–Kier alpha value is -3.06. The van der Waals surface area contributed by atoms with Gasteiger partial charge < -0.3 is 26.0 Å². The third-order valence-electron chi connectivity index (χ3n) is 5.75. The Bertz CT molecular complexity index is 892. The third-order valence-corrected chi connectivity index (χ3v) is 5.75. The van der Waals surface area contributed by atoms with Crippen molar-refractivity contribution in [3.05, 3.63) is 54.1 Å². The maximum Gasteiger partial charge on any atom is 0.317 e. The summed E-state index contributed by atoms with van der Waals surface area (Å²) in [5.41, 5.74) is 6.56. The lowest BCUT2D eigenvalue weighted by atomic mass is 9.73. The van der Waals surface area contributed by atoms with Crippen molar-refractivity contribution in [3.63, 3.8) is 0 Å². The number of amides is 3.